The van der Waals surface area contributed by atoms with Crippen LogP contribution in [0.5, 0.6) is 0 Å². The van der Waals surface area contributed by atoms with Crippen LogP contribution < -0.4 is 0 Å². The summed E-state index contributed by atoms with van der Waals surface area (Å²) in [5, 5.41) is 14.3. The van der Waals surface area contributed by atoms with Gasteiger partial charge in [-0.25, -0.2) is 4.68 Å². The lowest BCUT2D eigenvalue weighted by molar-refractivity contribution is 0.153. The maximum atomic E-state index is 9.51. The van der Waals surface area contributed by atoms with Gasteiger partial charge in [-0.3, -0.25) is 4.90 Å². The van der Waals surface area contributed by atoms with E-state index in [1.54, 1.807) is 0 Å². The Kier molecular flexibility index (Phi) is 4.60. The van der Waals surface area contributed by atoms with Gasteiger partial charge >= 0.3 is 0 Å². The van der Waals surface area contributed by atoms with Crippen molar-refractivity contribution in [1.82, 2.24) is 14.7 Å². The van der Waals surface area contributed by atoms with Crippen LogP contribution in [0.15, 0.2) is 36.5 Å². The molecule has 1 aromatic carbocycles. The monoisotopic (exact) mass is 299 g/mol. The summed E-state index contributed by atoms with van der Waals surface area (Å²) in [6.07, 6.45) is 4.42. The molecule has 1 saturated heterocycles. The Morgan fingerprint density at radius 3 is 2.73 bits per heavy atom. The largest absolute Gasteiger partial charge is 0.395 e. The first-order valence-electron chi connectivity index (χ1n) is 8.18. The summed E-state index contributed by atoms with van der Waals surface area (Å²) in [4.78, 5) is 2.39. The summed E-state index contributed by atoms with van der Waals surface area (Å²) >= 11 is 0. The topological polar surface area (TPSA) is 41.3 Å². The van der Waals surface area contributed by atoms with Crippen LogP contribution >= 0.6 is 0 Å². The van der Waals surface area contributed by atoms with E-state index in [1.165, 1.54) is 12.0 Å². The predicted octanol–water partition coefficient (Wildman–Crippen LogP) is 2.95. The Hall–Kier alpha value is -1.65. The van der Waals surface area contributed by atoms with E-state index in [0.29, 0.717) is 12.0 Å². The number of aliphatic hydroxyl groups excluding tert-OH is 1. The Morgan fingerprint density at radius 1 is 1.27 bits per heavy atom. The molecule has 0 saturated carbocycles. The highest BCUT2D eigenvalue weighted by Gasteiger charge is 2.25. The van der Waals surface area contributed by atoms with Gasteiger partial charge in [0.2, 0.25) is 0 Å². The standard InChI is InChI=1S/C18H25N3O/c1-14(2)18-15(11-20-10-6-9-17(20)13-22)12-21(19-18)16-7-4-3-5-8-16/h3-5,7-8,12,14,17,22H,6,9-11,13H2,1-2H3/t17-/m1/s1. The normalized spacial score (nSPS) is 19.2. The van der Waals surface area contributed by atoms with Crippen molar-refractivity contribution in [2.24, 2.45) is 0 Å². The number of aliphatic hydroxyl groups is 1. The molecule has 1 aliphatic rings. The maximum Gasteiger partial charge on any atom is 0.0699 e. The Labute approximate surface area is 132 Å². The number of hydrogen-bond donors (Lipinski definition) is 1. The minimum Gasteiger partial charge on any atom is -0.395 e. The molecular weight excluding hydrogens is 274 g/mol. The Balaban J connectivity index is 1.88. The zero-order valence-corrected chi connectivity index (χ0v) is 13.4. The highest BCUT2D eigenvalue weighted by molar-refractivity contribution is 5.33. The second kappa shape index (κ2) is 6.63. The zero-order valence-electron chi connectivity index (χ0n) is 13.4. The predicted molar refractivity (Wildman–Crippen MR) is 88.2 cm³/mol. The van der Waals surface area contributed by atoms with Crippen molar-refractivity contribution in [1.29, 1.82) is 0 Å². The van der Waals surface area contributed by atoms with Gasteiger partial charge in [0, 0.05) is 24.3 Å². The first kappa shape index (κ1) is 15.3. The van der Waals surface area contributed by atoms with E-state index < -0.39 is 0 Å². The van der Waals surface area contributed by atoms with Gasteiger partial charge in [0.1, 0.15) is 0 Å². The molecule has 0 radical (unpaired) electrons. The first-order valence-corrected chi connectivity index (χ1v) is 8.18. The average molecular weight is 299 g/mol. The van der Waals surface area contributed by atoms with Crippen LogP contribution in [0.2, 0.25) is 0 Å². The summed E-state index contributed by atoms with van der Waals surface area (Å²) in [6.45, 7) is 6.58. The number of rotatable bonds is 5. The number of hydrogen-bond acceptors (Lipinski definition) is 3. The third-order valence-corrected chi connectivity index (χ3v) is 4.47. The van der Waals surface area contributed by atoms with E-state index in [4.69, 9.17) is 5.10 Å². The molecule has 0 amide bonds. The second-order valence-corrected chi connectivity index (χ2v) is 6.42. The van der Waals surface area contributed by atoms with Crippen molar-refractivity contribution in [3.05, 3.63) is 47.8 Å². The van der Waals surface area contributed by atoms with Crippen molar-refractivity contribution in [2.45, 2.75) is 45.2 Å². The van der Waals surface area contributed by atoms with Crippen LogP contribution in [-0.4, -0.2) is 39.0 Å². The second-order valence-electron chi connectivity index (χ2n) is 6.42. The van der Waals surface area contributed by atoms with E-state index in [1.807, 2.05) is 22.9 Å². The number of aromatic nitrogens is 2. The van der Waals surface area contributed by atoms with Crippen LogP contribution in [0, 0.1) is 0 Å². The van der Waals surface area contributed by atoms with Gasteiger partial charge in [0.05, 0.1) is 18.0 Å². The minimum atomic E-state index is 0.254. The molecule has 22 heavy (non-hydrogen) atoms. The molecule has 2 aromatic rings. The zero-order chi connectivity index (χ0) is 15.5. The molecule has 1 N–H and O–H groups in total. The van der Waals surface area contributed by atoms with Crippen LogP contribution in [0.3, 0.4) is 0 Å². The lowest BCUT2D eigenvalue weighted by Gasteiger charge is -2.22. The molecule has 4 heteroatoms. The summed E-state index contributed by atoms with van der Waals surface area (Å²) in [7, 11) is 0. The molecule has 4 nitrogen and oxygen atoms in total. The van der Waals surface area contributed by atoms with Crippen LogP contribution in [-0.2, 0) is 6.54 Å². The molecule has 0 bridgehead atoms. The summed E-state index contributed by atoms with van der Waals surface area (Å²) in [5.41, 5.74) is 3.53. The van der Waals surface area contributed by atoms with Gasteiger partial charge in [-0.15, -0.1) is 0 Å². The summed E-state index contributed by atoms with van der Waals surface area (Å²) in [5.74, 6) is 0.398. The van der Waals surface area contributed by atoms with Crippen molar-refractivity contribution in [3.63, 3.8) is 0 Å². The van der Waals surface area contributed by atoms with Crippen LogP contribution in [0.25, 0.3) is 5.69 Å². The molecule has 1 fully saturated rings. The van der Waals surface area contributed by atoms with E-state index in [-0.39, 0.29) is 6.61 Å². The van der Waals surface area contributed by atoms with Gasteiger partial charge in [0.25, 0.3) is 0 Å². The molecule has 1 atom stereocenters. The summed E-state index contributed by atoms with van der Waals surface area (Å²) < 4.78 is 1.98. The number of benzene rings is 1. The summed E-state index contributed by atoms with van der Waals surface area (Å²) in [6, 6.07) is 10.6. The van der Waals surface area contributed by atoms with Crippen molar-refractivity contribution in [2.75, 3.05) is 13.2 Å². The SMILES string of the molecule is CC(C)c1nn(-c2ccccc2)cc1CN1CCC[C@@H]1CO. The molecule has 3 rings (SSSR count). The highest BCUT2D eigenvalue weighted by atomic mass is 16.3. The maximum absolute atomic E-state index is 9.51. The molecule has 0 unspecified atom stereocenters. The number of likely N-dealkylation sites (tertiary alicyclic amines) is 1. The lowest BCUT2D eigenvalue weighted by atomic mass is 10.1. The van der Waals surface area contributed by atoms with Gasteiger partial charge in [-0.2, -0.15) is 5.10 Å². The number of para-hydroxylation sites is 1. The quantitative estimate of drug-likeness (QED) is 0.923. The van der Waals surface area contributed by atoms with Gasteiger partial charge in [0.15, 0.2) is 0 Å². The van der Waals surface area contributed by atoms with Gasteiger partial charge < -0.3 is 5.11 Å². The molecule has 2 heterocycles. The fourth-order valence-electron chi connectivity index (χ4n) is 3.27. The molecule has 1 aromatic heterocycles. The van der Waals surface area contributed by atoms with Gasteiger partial charge in [-0.05, 0) is 37.4 Å². The fourth-order valence-corrected chi connectivity index (χ4v) is 3.27. The fraction of sp³-hybridized carbons (Fsp3) is 0.500. The first-order chi connectivity index (χ1) is 10.7. The van der Waals surface area contributed by atoms with Crippen molar-refractivity contribution >= 4 is 0 Å². The lowest BCUT2D eigenvalue weighted by Crippen LogP contribution is -2.31. The van der Waals surface area contributed by atoms with E-state index >= 15 is 0 Å². The van der Waals surface area contributed by atoms with Crippen molar-refractivity contribution < 1.29 is 5.11 Å². The third-order valence-electron chi connectivity index (χ3n) is 4.47. The molecular formula is C18H25N3O. The van der Waals surface area contributed by atoms with Crippen molar-refractivity contribution in [3.8, 4) is 5.69 Å². The highest BCUT2D eigenvalue weighted by Crippen LogP contribution is 2.25. The van der Waals surface area contributed by atoms with Gasteiger partial charge in [-0.1, -0.05) is 32.0 Å². The number of nitrogens with zero attached hydrogens (tertiary/aromatic N) is 3. The van der Waals surface area contributed by atoms with E-state index in [9.17, 15) is 5.11 Å². The molecule has 118 valence electrons. The Bertz CT molecular complexity index is 606. The van der Waals surface area contributed by atoms with E-state index in [0.717, 1.165) is 30.9 Å². The minimum absolute atomic E-state index is 0.254. The Morgan fingerprint density at radius 2 is 2.05 bits per heavy atom. The molecule has 0 aliphatic carbocycles. The average Bonchev–Trinajstić information content (AvgIpc) is 3.15. The van der Waals surface area contributed by atoms with Crippen LogP contribution in [0.4, 0.5) is 0 Å². The van der Waals surface area contributed by atoms with E-state index in [2.05, 4.69) is 37.1 Å². The molecule has 1 aliphatic heterocycles. The van der Waals surface area contributed by atoms with Crippen LogP contribution in [0.1, 0.15) is 43.9 Å². The molecule has 0 spiro atoms. The smallest absolute Gasteiger partial charge is 0.0699 e. The third kappa shape index (κ3) is 3.08.